The van der Waals surface area contributed by atoms with E-state index < -0.39 is 0 Å². The number of pyridine rings is 1. The molecular formula is C22H21N5O2. The molecule has 0 atom stereocenters. The number of nitriles is 1. The third kappa shape index (κ3) is 4.68. The zero-order chi connectivity index (χ0) is 20.1. The standard InChI is InChI=1S/C22H21N5O2/c23-13-17-2-1-3-18(12-17)15-27-10-6-19-20(7-11-27)29-22(26-19)21(28)25-14-16-4-8-24-9-5-16/h1-5,8-9,12H,6-7,10-11,14-15H2,(H,25,28). The van der Waals surface area contributed by atoms with Gasteiger partial charge in [0.25, 0.3) is 5.89 Å². The van der Waals surface area contributed by atoms with Gasteiger partial charge in [-0.2, -0.15) is 5.26 Å². The summed E-state index contributed by atoms with van der Waals surface area (Å²) in [6.07, 6.45) is 4.82. The summed E-state index contributed by atoms with van der Waals surface area (Å²) in [5.74, 6) is 0.603. The average Bonchev–Trinajstić information content (AvgIpc) is 3.09. The Bertz CT molecular complexity index is 1010. The van der Waals surface area contributed by atoms with E-state index in [2.05, 4.69) is 26.3 Å². The average molecular weight is 387 g/mol. The molecule has 1 aromatic carbocycles. The summed E-state index contributed by atoms with van der Waals surface area (Å²) in [6.45, 7) is 2.83. The molecule has 1 aliphatic heterocycles. The van der Waals surface area contributed by atoms with Gasteiger partial charge in [0.05, 0.1) is 17.3 Å². The van der Waals surface area contributed by atoms with Crippen molar-refractivity contribution in [2.45, 2.75) is 25.9 Å². The number of amides is 1. The van der Waals surface area contributed by atoms with E-state index in [1.54, 1.807) is 12.4 Å². The number of benzene rings is 1. The molecule has 0 bridgehead atoms. The fourth-order valence-electron chi connectivity index (χ4n) is 3.42. The first-order chi connectivity index (χ1) is 14.2. The van der Waals surface area contributed by atoms with Crippen molar-refractivity contribution in [3.63, 3.8) is 0 Å². The first kappa shape index (κ1) is 18.8. The first-order valence-electron chi connectivity index (χ1n) is 9.58. The van der Waals surface area contributed by atoms with Crippen LogP contribution in [0, 0.1) is 11.3 Å². The van der Waals surface area contributed by atoms with Gasteiger partial charge in [0, 0.05) is 51.4 Å². The molecule has 4 rings (SSSR count). The number of rotatable bonds is 5. The third-order valence-corrected chi connectivity index (χ3v) is 4.96. The molecule has 2 aromatic heterocycles. The van der Waals surface area contributed by atoms with Gasteiger partial charge in [-0.15, -0.1) is 0 Å². The van der Waals surface area contributed by atoms with Crippen molar-refractivity contribution < 1.29 is 9.21 Å². The Morgan fingerprint density at radius 2 is 2.00 bits per heavy atom. The van der Waals surface area contributed by atoms with Gasteiger partial charge < -0.3 is 9.73 Å². The smallest absolute Gasteiger partial charge is 0.307 e. The molecule has 3 aromatic rings. The normalized spacial score (nSPS) is 13.9. The van der Waals surface area contributed by atoms with Crippen molar-refractivity contribution in [2.24, 2.45) is 0 Å². The molecule has 0 unspecified atom stereocenters. The Hall–Kier alpha value is -3.50. The summed E-state index contributed by atoms with van der Waals surface area (Å²) in [7, 11) is 0. The highest BCUT2D eigenvalue weighted by atomic mass is 16.4. The lowest BCUT2D eigenvalue weighted by atomic mass is 10.1. The summed E-state index contributed by atoms with van der Waals surface area (Å²) < 4.78 is 5.77. The summed E-state index contributed by atoms with van der Waals surface area (Å²) >= 11 is 0. The quantitative estimate of drug-likeness (QED) is 0.723. The van der Waals surface area contributed by atoms with Crippen LogP contribution in [0.2, 0.25) is 0 Å². The Labute approximate surface area is 169 Å². The van der Waals surface area contributed by atoms with Gasteiger partial charge in [0.1, 0.15) is 5.76 Å². The van der Waals surface area contributed by atoms with Gasteiger partial charge in [-0.3, -0.25) is 14.7 Å². The van der Waals surface area contributed by atoms with Crippen molar-refractivity contribution in [1.29, 1.82) is 5.26 Å². The van der Waals surface area contributed by atoms with Crippen molar-refractivity contribution in [2.75, 3.05) is 13.1 Å². The minimum absolute atomic E-state index is 0.124. The minimum atomic E-state index is -0.305. The van der Waals surface area contributed by atoms with E-state index in [-0.39, 0.29) is 11.8 Å². The highest BCUT2D eigenvalue weighted by Crippen LogP contribution is 2.19. The number of carbonyl (C=O) groups excluding carboxylic acids is 1. The lowest BCUT2D eigenvalue weighted by Gasteiger charge is -2.19. The van der Waals surface area contributed by atoms with Crippen molar-refractivity contribution >= 4 is 5.91 Å². The van der Waals surface area contributed by atoms with E-state index in [1.165, 1.54) is 0 Å². The van der Waals surface area contributed by atoms with Crippen molar-refractivity contribution in [3.8, 4) is 6.07 Å². The molecule has 0 fully saturated rings. The molecular weight excluding hydrogens is 366 g/mol. The van der Waals surface area contributed by atoms with E-state index in [0.29, 0.717) is 18.5 Å². The van der Waals surface area contributed by atoms with Crippen LogP contribution in [0.1, 0.15) is 38.8 Å². The highest BCUT2D eigenvalue weighted by molar-refractivity contribution is 5.89. The Kier molecular flexibility index (Phi) is 5.63. The van der Waals surface area contributed by atoms with Crippen molar-refractivity contribution in [1.82, 2.24) is 20.2 Å². The Morgan fingerprint density at radius 3 is 2.83 bits per heavy atom. The second-order valence-electron chi connectivity index (χ2n) is 7.02. The van der Waals surface area contributed by atoms with Gasteiger partial charge >= 0.3 is 5.91 Å². The van der Waals surface area contributed by atoms with E-state index in [0.717, 1.165) is 48.6 Å². The highest BCUT2D eigenvalue weighted by Gasteiger charge is 2.22. The zero-order valence-corrected chi connectivity index (χ0v) is 16.0. The maximum atomic E-state index is 12.4. The van der Waals surface area contributed by atoms with E-state index in [9.17, 15) is 4.79 Å². The van der Waals surface area contributed by atoms with Crippen LogP contribution in [-0.4, -0.2) is 33.9 Å². The largest absolute Gasteiger partial charge is 0.437 e. The topological polar surface area (TPSA) is 95.0 Å². The monoisotopic (exact) mass is 387 g/mol. The summed E-state index contributed by atoms with van der Waals surface area (Å²) in [5, 5.41) is 11.9. The fourth-order valence-corrected chi connectivity index (χ4v) is 3.42. The lowest BCUT2D eigenvalue weighted by Crippen LogP contribution is -2.26. The zero-order valence-electron chi connectivity index (χ0n) is 16.0. The molecule has 1 N–H and O–H groups in total. The predicted molar refractivity (Wildman–Crippen MR) is 106 cm³/mol. The van der Waals surface area contributed by atoms with Gasteiger partial charge in [0.2, 0.25) is 0 Å². The number of nitrogens with one attached hydrogen (secondary N) is 1. The lowest BCUT2D eigenvalue weighted by molar-refractivity contribution is 0.0914. The van der Waals surface area contributed by atoms with Crippen LogP contribution in [0.25, 0.3) is 0 Å². The maximum absolute atomic E-state index is 12.4. The number of hydrogen-bond donors (Lipinski definition) is 1. The molecule has 7 heteroatoms. The molecule has 1 amide bonds. The number of oxazole rings is 1. The molecule has 0 saturated heterocycles. The molecule has 7 nitrogen and oxygen atoms in total. The molecule has 29 heavy (non-hydrogen) atoms. The van der Waals surface area contributed by atoms with E-state index >= 15 is 0 Å². The minimum Gasteiger partial charge on any atom is -0.437 e. The van der Waals surface area contributed by atoms with Crippen LogP contribution >= 0.6 is 0 Å². The van der Waals surface area contributed by atoms with Gasteiger partial charge in [-0.25, -0.2) is 4.98 Å². The molecule has 0 saturated carbocycles. The molecule has 0 radical (unpaired) electrons. The van der Waals surface area contributed by atoms with Gasteiger partial charge in [-0.1, -0.05) is 12.1 Å². The van der Waals surface area contributed by atoms with E-state index in [4.69, 9.17) is 9.68 Å². The SMILES string of the molecule is N#Cc1cccc(CN2CCc3nc(C(=O)NCc4ccncc4)oc3CC2)c1. The van der Waals surface area contributed by atoms with Gasteiger partial charge in [0.15, 0.2) is 0 Å². The number of carbonyl (C=O) groups is 1. The first-order valence-corrected chi connectivity index (χ1v) is 9.58. The van der Waals surface area contributed by atoms with Crippen LogP contribution in [0.4, 0.5) is 0 Å². The summed E-state index contributed by atoms with van der Waals surface area (Å²) in [5.41, 5.74) is 3.62. The molecule has 0 aliphatic carbocycles. The number of nitrogens with zero attached hydrogens (tertiary/aromatic N) is 4. The van der Waals surface area contributed by atoms with Gasteiger partial charge in [-0.05, 0) is 35.4 Å². The molecule has 1 aliphatic rings. The number of fused-ring (bicyclic) bond motifs is 1. The number of aromatic nitrogens is 2. The third-order valence-electron chi connectivity index (χ3n) is 4.96. The molecule has 3 heterocycles. The van der Waals surface area contributed by atoms with Crippen LogP contribution in [0.15, 0.2) is 53.2 Å². The summed E-state index contributed by atoms with van der Waals surface area (Å²) in [6, 6.07) is 13.6. The van der Waals surface area contributed by atoms with Crippen LogP contribution in [-0.2, 0) is 25.9 Å². The second-order valence-corrected chi connectivity index (χ2v) is 7.02. The fraction of sp³-hybridized carbons (Fsp3) is 0.273. The maximum Gasteiger partial charge on any atom is 0.307 e. The predicted octanol–water partition coefficient (Wildman–Crippen LogP) is 2.47. The van der Waals surface area contributed by atoms with Crippen molar-refractivity contribution in [3.05, 3.63) is 82.8 Å². The summed E-state index contributed by atoms with van der Waals surface area (Å²) in [4.78, 5) is 23.1. The van der Waals surface area contributed by atoms with Crippen LogP contribution in [0.3, 0.4) is 0 Å². The van der Waals surface area contributed by atoms with Crippen LogP contribution < -0.4 is 5.32 Å². The molecule has 146 valence electrons. The Balaban J connectivity index is 1.35. The molecule has 0 spiro atoms. The van der Waals surface area contributed by atoms with E-state index in [1.807, 2.05) is 36.4 Å². The Morgan fingerprint density at radius 1 is 1.17 bits per heavy atom. The number of hydrogen-bond acceptors (Lipinski definition) is 6. The van der Waals surface area contributed by atoms with Crippen LogP contribution in [0.5, 0.6) is 0 Å². The second kappa shape index (κ2) is 8.67.